The van der Waals surface area contributed by atoms with E-state index in [0.29, 0.717) is 6.42 Å². The van der Waals surface area contributed by atoms with Crippen LogP contribution in [-0.2, 0) is 6.42 Å². The van der Waals surface area contributed by atoms with Crippen LogP contribution in [0.5, 0.6) is 0 Å². The van der Waals surface area contributed by atoms with E-state index in [-0.39, 0.29) is 0 Å². The van der Waals surface area contributed by atoms with Crippen molar-refractivity contribution in [2.45, 2.75) is 26.4 Å². The summed E-state index contributed by atoms with van der Waals surface area (Å²) in [5.74, 6) is 0. The van der Waals surface area contributed by atoms with Crippen LogP contribution in [0.15, 0.2) is 28.3 Å². The lowest BCUT2D eigenvalue weighted by Gasteiger charge is -2.13. The largest absolute Gasteiger partial charge is 0.388 e. The highest BCUT2D eigenvalue weighted by atomic mass is 79.9. The van der Waals surface area contributed by atoms with Gasteiger partial charge in [0.15, 0.2) is 0 Å². The first-order valence-corrected chi connectivity index (χ1v) is 7.07. The minimum absolute atomic E-state index is 0.457. The number of aliphatic hydroxyl groups is 1. The summed E-state index contributed by atoms with van der Waals surface area (Å²) in [6, 6.07) is 4.06. The van der Waals surface area contributed by atoms with Crippen LogP contribution in [0.4, 0.5) is 0 Å². The summed E-state index contributed by atoms with van der Waals surface area (Å²) in [5, 5.41) is 10.2. The molecule has 2 rings (SSSR count). The van der Waals surface area contributed by atoms with Crippen LogP contribution >= 0.6 is 27.3 Å². The van der Waals surface area contributed by atoms with Crippen molar-refractivity contribution in [3.05, 3.63) is 49.9 Å². The lowest BCUT2D eigenvalue weighted by molar-refractivity contribution is 0.179. The number of aliphatic hydroxyl groups excluding tert-OH is 1. The number of halogens is 1. The van der Waals surface area contributed by atoms with Gasteiger partial charge >= 0.3 is 0 Å². The van der Waals surface area contributed by atoms with Crippen molar-refractivity contribution in [2.75, 3.05) is 0 Å². The minimum atomic E-state index is -0.457. The fourth-order valence-corrected chi connectivity index (χ4v) is 2.68. The molecule has 0 radical (unpaired) electrons. The maximum absolute atomic E-state index is 10.2. The average Bonchev–Trinajstić information content (AvgIpc) is 2.77. The maximum atomic E-state index is 10.2. The Labute approximate surface area is 113 Å². The second-order valence-corrected chi connectivity index (χ2v) is 5.92. The van der Waals surface area contributed by atoms with E-state index in [0.717, 1.165) is 26.0 Å². The molecule has 0 fully saturated rings. The van der Waals surface area contributed by atoms with Crippen molar-refractivity contribution in [1.82, 2.24) is 4.98 Å². The van der Waals surface area contributed by atoms with Gasteiger partial charge in [0.1, 0.15) is 0 Å². The van der Waals surface area contributed by atoms with Gasteiger partial charge in [0, 0.05) is 22.0 Å². The van der Waals surface area contributed by atoms with E-state index < -0.39 is 6.10 Å². The summed E-state index contributed by atoms with van der Waals surface area (Å²) >= 11 is 5.11. The predicted molar refractivity (Wildman–Crippen MR) is 74.4 cm³/mol. The predicted octanol–water partition coefficient (Wildman–Crippen LogP) is 3.80. The smallest absolute Gasteiger partial charge is 0.0839 e. The summed E-state index contributed by atoms with van der Waals surface area (Å²) in [6.45, 7) is 4.08. The Bertz CT molecular complexity index is 487. The van der Waals surface area contributed by atoms with Crippen LogP contribution in [-0.4, -0.2) is 10.1 Å². The number of hydrogen-bond donors (Lipinski definition) is 1. The van der Waals surface area contributed by atoms with E-state index >= 15 is 0 Å². The molecule has 0 aliphatic rings. The van der Waals surface area contributed by atoms with Crippen LogP contribution in [0.25, 0.3) is 0 Å². The highest BCUT2D eigenvalue weighted by Gasteiger charge is 2.12. The van der Waals surface area contributed by atoms with Gasteiger partial charge in [0.05, 0.1) is 11.6 Å². The van der Waals surface area contributed by atoms with Gasteiger partial charge in [0.2, 0.25) is 0 Å². The number of hydrogen-bond acceptors (Lipinski definition) is 3. The first kappa shape index (κ1) is 12.7. The molecule has 0 amide bonds. The van der Waals surface area contributed by atoms with Crippen LogP contribution in [0.1, 0.15) is 27.7 Å². The van der Waals surface area contributed by atoms with E-state index in [4.69, 9.17) is 0 Å². The quantitative estimate of drug-likeness (QED) is 0.935. The Morgan fingerprint density at radius 2 is 2.00 bits per heavy atom. The molecule has 1 heterocycles. The molecule has 0 saturated heterocycles. The van der Waals surface area contributed by atoms with Crippen molar-refractivity contribution in [1.29, 1.82) is 0 Å². The zero-order valence-corrected chi connectivity index (χ0v) is 12.2. The van der Waals surface area contributed by atoms with E-state index in [1.807, 2.05) is 32.2 Å². The molecule has 1 aromatic carbocycles. The average molecular weight is 312 g/mol. The zero-order chi connectivity index (χ0) is 12.4. The molecular formula is C13H14BrNOS. The maximum Gasteiger partial charge on any atom is 0.0839 e. The van der Waals surface area contributed by atoms with Gasteiger partial charge in [-0.1, -0.05) is 28.1 Å². The molecule has 0 saturated carbocycles. The number of nitrogens with zero attached hydrogens (tertiary/aromatic N) is 1. The molecular weight excluding hydrogens is 298 g/mol. The highest BCUT2D eigenvalue weighted by Crippen LogP contribution is 2.27. The lowest BCUT2D eigenvalue weighted by atomic mass is 10.0. The first-order valence-electron chi connectivity index (χ1n) is 5.40. The third-order valence-corrected chi connectivity index (χ3v) is 4.77. The molecule has 0 aliphatic carbocycles. The lowest BCUT2D eigenvalue weighted by Crippen LogP contribution is -2.02. The minimum Gasteiger partial charge on any atom is -0.388 e. The van der Waals surface area contributed by atoms with Crippen LogP contribution in [0.3, 0.4) is 0 Å². The molecule has 2 aromatic rings. The van der Waals surface area contributed by atoms with Crippen molar-refractivity contribution in [2.24, 2.45) is 0 Å². The normalized spacial score (nSPS) is 12.7. The number of rotatable bonds is 3. The molecule has 1 N–H and O–H groups in total. The molecule has 0 spiro atoms. The standard InChI is InChI=1S/C13H14BrNOS/c1-8-3-10(4-9(2)13(8)14)12(16)5-11-6-15-7-17-11/h3-4,6-7,12,16H,5H2,1-2H3. The van der Waals surface area contributed by atoms with Crippen molar-refractivity contribution >= 4 is 27.3 Å². The summed E-state index contributed by atoms with van der Waals surface area (Å²) in [6.07, 6.45) is 1.98. The van der Waals surface area contributed by atoms with E-state index in [1.165, 1.54) is 0 Å². The van der Waals surface area contributed by atoms with Crippen LogP contribution in [0.2, 0.25) is 0 Å². The fraction of sp³-hybridized carbons (Fsp3) is 0.308. The number of benzene rings is 1. The van der Waals surface area contributed by atoms with E-state index in [1.54, 1.807) is 16.8 Å². The molecule has 0 bridgehead atoms. The molecule has 1 aromatic heterocycles. The van der Waals surface area contributed by atoms with Crippen molar-refractivity contribution in [3.8, 4) is 0 Å². The monoisotopic (exact) mass is 311 g/mol. The van der Waals surface area contributed by atoms with Gasteiger partial charge in [-0.2, -0.15) is 0 Å². The Hall–Kier alpha value is -0.710. The Morgan fingerprint density at radius 3 is 2.53 bits per heavy atom. The van der Waals surface area contributed by atoms with E-state index in [9.17, 15) is 5.11 Å². The summed E-state index contributed by atoms with van der Waals surface area (Å²) in [4.78, 5) is 5.13. The van der Waals surface area contributed by atoms with Crippen LogP contribution in [0, 0.1) is 13.8 Å². The highest BCUT2D eigenvalue weighted by molar-refractivity contribution is 9.10. The topological polar surface area (TPSA) is 33.1 Å². The number of thiazole rings is 1. The van der Waals surface area contributed by atoms with Gasteiger partial charge in [-0.15, -0.1) is 11.3 Å². The molecule has 1 unspecified atom stereocenters. The van der Waals surface area contributed by atoms with Gasteiger partial charge in [-0.3, -0.25) is 4.98 Å². The molecule has 4 heteroatoms. The molecule has 17 heavy (non-hydrogen) atoms. The fourth-order valence-electron chi connectivity index (χ4n) is 1.82. The Morgan fingerprint density at radius 1 is 1.35 bits per heavy atom. The van der Waals surface area contributed by atoms with Crippen molar-refractivity contribution in [3.63, 3.8) is 0 Å². The summed E-state index contributed by atoms with van der Waals surface area (Å²) in [5.41, 5.74) is 5.07. The van der Waals surface area contributed by atoms with Crippen molar-refractivity contribution < 1.29 is 5.11 Å². The second kappa shape index (κ2) is 5.29. The summed E-state index contributed by atoms with van der Waals surface area (Å²) < 4.78 is 1.12. The molecule has 1 atom stereocenters. The Kier molecular flexibility index (Phi) is 3.97. The number of aromatic nitrogens is 1. The number of aryl methyl sites for hydroxylation is 2. The third kappa shape index (κ3) is 2.94. The van der Waals surface area contributed by atoms with Gasteiger partial charge in [0.25, 0.3) is 0 Å². The van der Waals surface area contributed by atoms with Gasteiger partial charge in [-0.05, 0) is 30.5 Å². The third-order valence-electron chi connectivity index (χ3n) is 2.72. The molecule has 90 valence electrons. The summed E-state index contributed by atoms with van der Waals surface area (Å²) in [7, 11) is 0. The molecule has 0 aliphatic heterocycles. The first-order chi connectivity index (χ1) is 8.08. The van der Waals surface area contributed by atoms with Crippen LogP contribution < -0.4 is 0 Å². The Balaban J connectivity index is 2.22. The van der Waals surface area contributed by atoms with Gasteiger partial charge in [-0.25, -0.2) is 0 Å². The SMILES string of the molecule is Cc1cc(C(O)Cc2cncs2)cc(C)c1Br. The zero-order valence-electron chi connectivity index (χ0n) is 9.77. The van der Waals surface area contributed by atoms with E-state index in [2.05, 4.69) is 20.9 Å². The van der Waals surface area contributed by atoms with Gasteiger partial charge < -0.3 is 5.11 Å². The molecule has 2 nitrogen and oxygen atoms in total. The second-order valence-electron chi connectivity index (χ2n) is 4.16.